The van der Waals surface area contributed by atoms with E-state index in [4.69, 9.17) is 10.8 Å². The van der Waals surface area contributed by atoms with Crippen LogP contribution in [0.4, 0.5) is 0 Å². The van der Waals surface area contributed by atoms with Gasteiger partial charge in [-0.1, -0.05) is 11.6 Å². The van der Waals surface area contributed by atoms with Crippen LogP contribution in [0.15, 0.2) is 11.6 Å². The van der Waals surface area contributed by atoms with Crippen LogP contribution in [0.2, 0.25) is 0 Å². The molecule has 80 valence electrons. The molecule has 1 atom stereocenters. The number of aliphatic carboxylic acids is 1. The van der Waals surface area contributed by atoms with Crippen LogP contribution in [0.5, 0.6) is 0 Å². The van der Waals surface area contributed by atoms with Crippen molar-refractivity contribution in [3.8, 4) is 0 Å². The molecule has 4 heteroatoms. The Labute approximate surface area is 84.4 Å². The van der Waals surface area contributed by atoms with Crippen molar-refractivity contribution in [3.63, 3.8) is 0 Å². The first-order valence-corrected chi connectivity index (χ1v) is 4.82. The summed E-state index contributed by atoms with van der Waals surface area (Å²) in [6.07, 6.45) is 2.63. The maximum atomic E-state index is 10.8. The van der Waals surface area contributed by atoms with Crippen LogP contribution in [-0.4, -0.2) is 41.1 Å². The molecule has 0 radical (unpaired) electrons. The fraction of sp³-hybridized carbons (Fsp3) is 0.700. The number of nitrogens with zero attached hydrogens (tertiary/aromatic N) is 1. The summed E-state index contributed by atoms with van der Waals surface area (Å²) in [5.74, 6) is -0.891. The van der Waals surface area contributed by atoms with Crippen molar-refractivity contribution in [2.45, 2.75) is 25.8 Å². The highest BCUT2D eigenvalue weighted by Crippen LogP contribution is 2.18. The molecule has 0 bridgehead atoms. The summed E-state index contributed by atoms with van der Waals surface area (Å²) < 4.78 is 0. The van der Waals surface area contributed by atoms with Crippen LogP contribution < -0.4 is 5.73 Å². The van der Waals surface area contributed by atoms with Gasteiger partial charge in [0, 0.05) is 19.6 Å². The summed E-state index contributed by atoms with van der Waals surface area (Å²) in [7, 11) is 0. The molecule has 1 saturated heterocycles. The van der Waals surface area contributed by atoms with Gasteiger partial charge in [-0.05, 0) is 20.3 Å². The molecule has 0 spiro atoms. The van der Waals surface area contributed by atoms with Crippen LogP contribution in [0, 0.1) is 0 Å². The van der Waals surface area contributed by atoms with E-state index in [-0.39, 0.29) is 0 Å². The number of carboxylic acid groups (broad SMARTS) is 1. The molecule has 3 N–H and O–H groups in total. The van der Waals surface area contributed by atoms with E-state index in [1.807, 2.05) is 13.8 Å². The van der Waals surface area contributed by atoms with Crippen LogP contribution in [0.3, 0.4) is 0 Å². The van der Waals surface area contributed by atoms with Crippen molar-refractivity contribution < 1.29 is 9.90 Å². The second-order valence-corrected chi connectivity index (χ2v) is 4.23. The molecule has 0 aromatic rings. The van der Waals surface area contributed by atoms with Gasteiger partial charge in [0.05, 0.1) is 0 Å². The zero-order valence-corrected chi connectivity index (χ0v) is 8.79. The van der Waals surface area contributed by atoms with Crippen molar-refractivity contribution in [1.82, 2.24) is 4.90 Å². The molecule has 1 aliphatic heterocycles. The number of carbonyl (C=O) groups is 1. The van der Waals surface area contributed by atoms with E-state index in [1.54, 1.807) is 0 Å². The smallest absolute Gasteiger partial charge is 0.325 e. The summed E-state index contributed by atoms with van der Waals surface area (Å²) >= 11 is 0. The number of likely N-dealkylation sites (tertiary alicyclic amines) is 1. The molecule has 1 fully saturated rings. The Balaban J connectivity index is 2.49. The zero-order chi connectivity index (χ0) is 10.8. The lowest BCUT2D eigenvalue weighted by atomic mass is 10.0. The summed E-state index contributed by atoms with van der Waals surface area (Å²) in [6, 6.07) is 0. The maximum Gasteiger partial charge on any atom is 0.325 e. The largest absolute Gasteiger partial charge is 0.480 e. The molecule has 1 unspecified atom stereocenters. The first kappa shape index (κ1) is 11.2. The molecular formula is C10H18N2O2. The van der Waals surface area contributed by atoms with Crippen molar-refractivity contribution >= 4 is 5.97 Å². The maximum absolute atomic E-state index is 10.8. The Morgan fingerprint density at radius 2 is 2.29 bits per heavy atom. The number of hydrogen-bond donors (Lipinski definition) is 2. The second kappa shape index (κ2) is 4.11. The highest BCUT2D eigenvalue weighted by Gasteiger charge is 2.40. The molecule has 0 aliphatic carbocycles. The Morgan fingerprint density at radius 3 is 2.71 bits per heavy atom. The normalized spacial score (nSPS) is 27.6. The minimum Gasteiger partial charge on any atom is -0.480 e. The van der Waals surface area contributed by atoms with Crippen LogP contribution >= 0.6 is 0 Å². The van der Waals surface area contributed by atoms with Gasteiger partial charge in [-0.15, -0.1) is 0 Å². The van der Waals surface area contributed by atoms with E-state index >= 15 is 0 Å². The lowest BCUT2D eigenvalue weighted by Gasteiger charge is -2.18. The van der Waals surface area contributed by atoms with Gasteiger partial charge < -0.3 is 10.8 Å². The quantitative estimate of drug-likeness (QED) is 0.646. The summed E-state index contributed by atoms with van der Waals surface area (Å²) in [5.41, 5.74) is 5.95. The van der Waals surface area contributed by atoms with Gasteiger partial charge in [0.2, 0.25) is 0 Å². The average molecular weight is 198 g/mol. The van der Waals surface area contributed by atoms with Gasteiger partial charge in [-0.3, -0.25) is 9.69 Å². The molecular weight excluding hydrogens is 180 g/mol. The highest BCUT2D eigenvalue weighted by atomic mass is 16.4. The van der Waals surface area contributed by atoms with Crippen molar-refractivity contribution in [1.29, 1.82) is 0 Å². The molecule has 0 saturated carbocycles. The van der Waals surface area contributed by atoms with Gasteiger partial charge in [-0.2, -0.15) is 0 Å². The topological polar surface area (TPSA) is 66.6 Å². The van der Waals surface area contributed by atoms with E-state index < -0.39 is 11.5 Å². The Bertz CT molecular complexity index is 259. The predicted molar refractivity (Wildman–Crippen MR) is 55.0 cm³/mol. The van der Waals surface area contributed by atoms with Gasteiger partial charge >= 0.3 is 5.97 Å². The van der Waals surface area contributed by atoms with E-state index in [1.165, 1.54) is 5.57 Å². The third-order valence-corrected chi connectivity index (χ3v) is 2.56. The Hall–Kier alpha value is -0.870. The lowest BCUT2D eigenvalue weighted by molar-refractivity contribution is -0.142. The van der Waals surface area contributed by atoms with E-state index in [9.17, 15) is 4.79 Å². The Kier molecular flexibility index (Phi) is 3.29. The van der Waals surface area contributed by atoms with Gasteiger partial charge in [0.25, 0.3) is 0 Å². The Morgan fingerprint density at radius 1 is 1.64 bits per heavy atom. The lowest BCUT2D eigenvalue weighted by Crippen LogP contribution is -2.50. The number of nitrogens with two attached hydrogens (primary N) is 1. The zero-order valence-electron chi connectivity index (χ0n) is 8.79. The molecule has 1 rings (SSSR count). The molecule has 4 nitrogen and oxygen atoms in total. The van der Waals surface area contributed by atoms with Crippen LogP contribution in [0.1, 0.15) is 20.3 Å². The third-order valence-electron chi connectivity index (χ3n) is 2.56. The SMILES string of the molecule is CC(C)=CCN1CCC(N)(C(=O)O)C1. The predicted octanol–water partition coefficient (Wildman–Crippen LogP) is 0.440. The van der Waals surface area contributed by atoms with Crippen molar-refractivity contribution in [2.75, 3.05) is 19.6 Å². The summed E-state index contributed by atoms with van der Waals surface area (Å²) in [6.45, 7) is 6.08. The summed E-state index contributed by atoms with van der Waals surface area (Å²) in [4.78, 5) is 12.9. The van der Waals surface area contributed by atoms with Gasteiger partial charge in [0.1, 0.15) is 5.54 Å². The first-order valence-electron chi connectivity index (χ1n) is 4.82. The fourth-order valence-corrected chi connectivity index (χ4v) is 1.56. The van der Waals surface area contributed by atoms with Gasteiger partial charge in [0.15, 0.2) is 0 Å². The van der Waals surface area contributed by atoms with E-state index in [2.05, 4.69) is 11.0 Å². The first-order chi connectivity index (χ1) is 6.44. The standard InChI is InChI=1S/C10H18N2O2/c1-8(2)3-5-12-6-4-10(11,7-12)9(13)14/h3H,4-7,11H2,1-2H3,(H,13,14). The number of allylic oxidation sites excluding steroid dienone is 1. The number of rotatable bonds is 3. The molecule has 1 aliphatic rings. The second-order valence-electron chi connectivity index (χ2n) is 4.23. The molecule has 1 heterocycles. The molecule has 0 amide bonds. The van der Waals surface area contributed by atoms with Gasteiger partial charge in [-0.25, -0.2) is 0 Å². The monoisotopic (exact) mass is 198 g/mol. The van der Waals surface area contributed by atoms with Crippen molar-refractivity contribution in [3.05, 3.63) is 11.6 Å². The third kappa shape index (κ3) is 2.56. The molecule has 0 aromatic carbocycles. The van der Waals surface area contributed by atoms with Crippen LogP contribution in [-0.2, 0) is 4.79 Å². The minimum atomic E-state index is -1.03. The molecule has 0 aromatic heterocycles. The fourth-order valence-electron chi connectivity index (χ4n) is 1.56. The van der Waals surface area contributed by atoms with Crippen molar-refractivity contribution in [2.24, 2.45) is 5.73 Å². The van der Waals surface area contributed by atoms with Crippen LogP contribution in [0.25, 0.3) is 0 Å². The van der Waals surface area contributed by atoms with E-state index in [0.717, 1.165) is 13.1 Å². The van der Waals surface area contributed by atoms with E-state index in [0.29, 0.717) is 13.0 Å². The molecule has 14 heavy (non-hydrogen) atoms. The highest BCUT2D eigenvalue weighted by molar-refractivity contribution is 5.79. The summed E-state index contributed by atoms with van der Waals surface area (Å²) in [5, 5.41) is 8.90. The minimum absolute atomic E-state index is 0.451. The number of carboxylic acids is 1. The number of hydrogen-bond acceptors (Lipinski definition) is 3. The average Bonchev–Trinajstić information content (AvgIpc) is 2.45.